The van der Waals surface area contributed by atoms with E-state index < -0.39 is 14.0 Å². The number of aryl methyl sites for hydroxylation is 2. The van der Waals surface area contributed by atoms with Gasteiger partial charge in [0.25, 0.3) is 0 Å². The lowest BCUT2D eigenvalue weighted by atomic mass is 9.49. The highest BCUT2D eigenvalue weighted by Crippen LogP contribution is 2.43. The number of benzene rings is 6. The van der Waals surface area contributed by atoms with Crippen molar-refractivity contribution in [1.29, 1.82) is 0 Å². The van der Waals surface area contributed by atoms with Crippen LogP contribution in [0.15, 0.2) is 155 Å². The Balaban J connectivity index is 0.000000196. The normalized spacial score (nSPS) is 20.3. The Kier molecular flexibility index (Phi) is 23.6. The first-order chi connectivity index (χ1) is 35.1. The van der Waals surface area contributed by atoms with Crippen LogP contribution in [0, 0.1) is 13.8 Å². The lowest BCUT2D eigenvalue weighted by Gasteiger charge is -2.33. The summed E-state index contributed by atoms with van der Waals surface area (Å²) in [7, 11) is -0.952. The van der Waals surface area contributed by atoms with Gasteiger partial charge in [0.1, 0.15) is 0 Å². The fourth-order valence-electron chi connectivity index (χ4n) is 8.79. The maximum atomic E-state index is 6.38. The monoisotopic (exact) mass is 1200 g/mol. The minimum Gasteiger partial charge on any atom is -0.405 e. The summed E-state index contributed by atoms with van der Waals surface area (Å²) in [6.45, 7) is 27.7. The Bertz CT molecular complexity index is 2650. The van der Waals surface area contributed by atoms with E-state index in [0.717, 1.165) is 82.6 Å². The summed E-state index contributed by atoms with van der Waals surface area (Å²) in [6, 6.07) is 50.3. The van der Waals surface area contributed by atoms with Crippen molar-refractivity contribution in [2.45, 2.75) is 132 Å². The molecule has 0 N–H and O–H groups in total. The summed E-state index contributed by atoms with van der Waals surface area (Å²) in [5.41, 5.74) is 8.45. The number of nitrogens with zero attached hydrogens (tertiary/aromatic N) is 2. The number of rotatable bonds is 8. The molecule has 76 heavy (non-hydrogen) atoms. The van der Waals surface area contributed by atoms with Gasteiger partial charge in [0, 0.05) is 58.8 Å². The van der Waals surface area contributed by atoms with Crippen molar-refractivity contribution in [2.75, 3.05) is 39.4 Å². The molecule has 4 aliphatic heterocycles. The fourth-order valence-corrected chi connectivity index (χ4v) is 9.89. The van der Waals surface area contributed by atoms with Gasteiger partial charge in [-0.2, -0.15) is 0 Å². The summed E-state index contributed by atoms with van der Waals surface area (Å²) in [4.78, 5) is 4.93. The van der Waals surface area contributed by atoms with Crippen molar-refractivity contribution in [2.24, 2.45) is 0 Å². The SMILES string of the molecule is Brc1ccc(CN2CCO[C@@H](c3ccccc3)C2)cc1.C.C.CC1(C)OB(B2OC(C)(C)C(C)(C)O2)OC1(C)C.Cc1ccc(Cl)c(-c2ccc(CN3CCO[C@@H](c4ccccc4)C3)cc2)c1.Cc1ccc(Cl)c(Br)c1. The van der Waals surface area contributed by atoms with Crippen LogP contribution in [0.3, 0.4) is 0 Å². The van der Waals surface area contributed by atoms with E-state index in [9.17, 15) is 0 Å². The second-order valence-corrected chi connectivity index (χ2v) is 24.1. The Morgan fingerprint density at radius 1 is 0.500 bits per heavy atom. The molecule has 4 saturated heterocycles. The maximum absolute atomic E-state index is 6.38. The van der Waals surface area contributed by atoms with Crippen molar-refractivity contribution in [3.05, 3.63) is 198 Å². The third-order valence-corrected chi connectivity index (χ3v) is 16.7. The van der Waals surface area contributed by atoms with E-state index in [0.29, 0.717) is 0 Å². The summed E-state index contributed by atoms with van der Waals surface area (Å²) in [6.07, 6.45) is 0.353. The van der Waals surface area contributed by atoms with Crippen molar-refractivity contribution < 1.29 is 28.1 Å². The second kappa shape index (κ2) is 28.2. The van der Waals surface area contributed by atoms with Crippen LogP contribution >= 0.6 is 55.1 Å². The van der Waals surface area contributed by atoms with E-state index in [-0.39, 0.29) is 49.5 Å². The van der Waals surface area contributed by atoms with E-state index >= 15 is 0 Å². The average Bonchev–Trinajstić information content (AvgIpc) is 3.75. The molecular formula is C62H80B2Br2Cl2N2O6. The zero-order valence-electron chi connectivity index (χ0n) is 44.7. The van der Waals surface area contributed by atoms with E-state index in [2.05, 4.69) is 152 Å². The molecule has 14 heteroatoms. The minimum atomic E-state index is -0.476. The molecule has 0 amide bonds. The Labute approximate surface area is 484 Å². The van der Waals surface area contributed by atoms with Gasteiger partial charge in [-0.15, -0.1) is 0 Å². The first kappa shape index (κ1) is 63.5. The third kappa shape index (κ3) is 17.3. The van der Waals surface area contributed by atoms with Gasteiger partial charge in [0.05, 0.1) is 52.8 Å². The molecule has 0 unspecified atom stereocenters. The van der Waals surface area contributed by atoms with Crippen molar-refractivity contribution in [1.82, 2.24) is 9.80 Å². The number of halogens is 4. The highest BCUT2D eigenvalue weighted by Gasteiger charge is 2.63. The van der Waals surface area contributed by atoms with Crippen LogP contribution in [0.1, 0.15) is 116 Å². The van der Waals surface area contributed by atoms with Crippen LogP contribution in [0.4, 0.5) is 0 Å². The highest BCUT2D eigenvalue weighted by atomic mass is 79.9. The molecule has 4 heterocycles. The number of hydrogen-bond acceptors (Lipinski definition) is 8. The third-order valence-electron chi connectivity index (χ3n) is 14.6. The van der Waals surface area contributed by atoms with Crippen molar-refractivity contribution in [3.8, 4) is 11.1 Å². The van der Waals surface area contributed by atoms with Crippen molar-refractivity contribution in [3.63, 3.8) is 0 Å². The molecular weight excluding hydrogens is 1120 g/mol. The number of hydrogen-bond donors (Lipinski definition) is 0. The number of morpholine rings is 2. The van der Waals surface area contributed by atoms with Gasteiger partial charge < -0.3 is 28.1 Å². The zero-order valence-corrected chi connectivity index (χ0v) is 49.4. The molecule has 0 aromatic heterocycles. The molecule has 8 nitrogen and oxygen atoms in total. The number of ether oxygens (including phenoxy) is 2. The van der Waals surface area contributed by atoms with Gasteiger partial charge in [-0.25, -0.2) is 0 Å². The standard InChI is InChI=1S/C24H24ClNO.C17H18BrNO.C12H24B2O4.C7H6BrCl.2CH4/c1-18-7-12-23(25)22(15-18)20-10-8-19(9-11-20)16-26-13-14-27-24(17-26)21-5-3-2-4-6-21;18-16-8-6-14(7-9-16)12-19-10-11-20-17(13-19)15-4-2-1-3-5-15;1-9(2)10(3,4)16-13(15-9)14-17-11(5,6)12(7,8)18-14;1-5-2-3-7(9)6(8)4-5;;/h2-12,15,24H,13-14,16-17H2,1H3;1-9,17H,10-13H2;1-8H3;2-4H,1H3;2*1H4/t24-;17-;;;;/m11..../s1. The van der Waals surface area contributed by atoms with Gasteiger partial charge in [-0.05, 0) is 155 Å². The van der Waals surface area contributed by atoms with Gasteiger partial charge in [-0.1, -0.05) is 169 Å². The highest BCUT2D eigenvalue weighted by molar-refractivity contribution is 9.10. The van der Waals surface area contributed by atoms with E-state index in [4.69, 9.17) is 51.3 Å². The summed E-state index contributed by atoms with van der Waals surface area (Å²) in [5.74, 6) is 0. The molecule has 4 aliphatic rings. The lowest BCUT2D eigenvalue weighted by Crippen LogP contribution is -2.41. The second-order valence-electron chi connectivity index (χ2n) is 21.5. The predicted molar refractivity (Wildman–Crippen MR) is 326 cm³/mol. The summed E-state index contributed by atoms with van der Waals surface area (Å²) >= 11 is 18.9. The van der Waals surface area contributed by atoms with Crippen LogP contribution in [-0.4, -0.2) is 85.6 Å². The molecule has 4 fully saturated rings. The molecule has 0 radical (unpaired) electrons. The molecule has 408 valence electrons. The lowest BCUT2D eigenvalue weighted by molar-refractivity contribution is -0.0330. The van der Waals surface area contributed by atoms with Crippen LogP contribution in [0.25, 0.3) is 11.1 Å². The van der Waals surface area contributed by atoms with Gasteiger partial charge in [0.15, 0.2) is 0 Å². The van der Waals surface area contributed by atoms with Crippen LogP contribution in [-0.2, 0) is 41.2 Å². The quantitative estimate of drug-likeness (QED) is 0.140. The molecule has 10 rings (SSSR count). The van der Waals surface area contributed by atoms with Gasteiger partial charge in [0.2, 0.25) is 0 Å². The first-order valence-electron chi connectivity index (χ1n) is 25.6. The van der Waals surface area contributed by atoms with E-state index in [1.807, 2.05) is 105 Å². The molecule has 0 spiro atoms. The van der Waals surface area contributed by atoms with Crippen molar-refractivity contribution >= 4 is 69.1 Å². The van der Waals surface area contributed by atoms with E-state index in [1.54, 1.807) is 0 Å². The zero-order chi connectivity index (χ0) is 53.3. The smallest absolute Gasteiger partial charge is 0.405 e. The van der Waals surface area contributed by atoms with Gasteiger partial charge >= 0.3 is 14.0 Å². The van der Waals surface area contributed by atoms with Crippen LogP contribution in [0.2, 0.25) is 10.0 Å². The Morgan fingerprint density at radius 2 is 0.882 bits per heavy atom. The first-order valence-corrected chi connectivity index (χ1v) is 27.9. The largest absolute Gasteiger partial charge is 0.488 e. The molecule has 2 atom stereocenters. The average molecular weight is 1200 g/mol. The molecule has 0 aliphatic carbocycles. The molecule has 0 saturated carbocycles. The fraction of sp³-hybridized carbons (Fsp3) is 0.419. The topological polar surface area (TPSA) is 61.9 Å². The van der Waals surface area contributed by atoms with E-state index in [1.165, 1.54) is 33.4 Å². The maximum Gasteiger partial charge on any atom is 0.488 e. The molecule has 0 bridgehead atoms. The molecule has 6 aromatic rings. The van der Waals surface area contributed by atoms with Gasteiger partial charge in [-0.3, -0.25) is 9.80 Å². The molecule has 6 aromatic carbocycles. The van der Waals surface area contributed by atoms with Crippen LogP contribution in [0.5, 0.6) is 0 Å². The Hall–Kier alpha value is -3.33. The summed E-state index contributed by atoms with van der Waals surface area (Å²) < 4.78 is 37.8. The summed E-state index contributed by atoms with van der Waals surface area (Å²) in [5, 5.41) is 1.56. The van der Waals surface area contributed by atoms with Crippen LogP contribution < -0.4 is 0 Å². The minimum absolute atomic E-state index is 0. The Morgan fingerprint density at radius 3 is 1.28 bits per heavy atom. The predicted octanol–water partition coefficient (Wildman–Crippen LogP) is 16.8.